The molecule has 114 valence electrons. The van der Waals surface area contributed by atoms with E-state index in [2.05, 4.69) is 15.9 Å². The average molecular weight is 361 g/mol. The van der Waals surface area contributed by atoms with E-state index in [9.17, 15) is 18.8 Å². The molecule has 0 fully saturated rings. The summed E-state index contributed by atoms with van der Waals surface area (Å²) in [5.74, 6) is -3.07. The molecule has 0 spiro atoms. The molecular formula is C13H14BrFN2O4. The van der Waals surface area contributed by atoms with Gasteiger partial charge in [0.1, 0.15) is 5.82 Å². The summed E-state index contributed by atoms with van der Waals surface area (Å²) in [5, 5.41) is 1.83. The predicted molar refractivity (Wildman–Crippen MR) is 75.9 cm³/mol. The number of hydrogen-bond acceptors (Lipinski definition) is 4. The fraction of sp³-hybridized carbons (Fsp3) is 0.308. The molecule has 1 unspecified atom stereocenters. The van der Waals surface area contributed by atoms with E-state index >= 15 is 0 Å². The van der Waals surface area contributed by atoms with Crippen molar-refractivity contribution in [1.82, 2.24) is 5.32 Å². The number of halogens is 2. The third-order valence-electron chi connectivity index (χ3n) is 2.49. The lowest BCUT2D eigenvalue weighted by atomic mass is 10.1. The molecule has 21 heavy (non-hydrogen) atoms. The SMILES string of the molecule is CC(C)C(OC(=O)c1cc(Br)ccc1F)C(=O)NC(N)=O. The standard InChI is InChI=1S/C13H14BrFN2O4/c1-6(2)10(11(18)17-13(16)20)21-12(19)8-5-7(14)3-4-9(8)15/h3-6,10H,1-2H3,(H3,16,17,18,20). The van der Waals surface area contributed by atoms with Gasteiger partial charge in [-0.3, -0.25) is 10.1 Å². The monoisotopic (exact) mass is 360 g/mol. The second kappa shape index (κ2) is 7.16. The normalized spacial score (nSPS) is 11.9. The van der Waals surface area contributed by atoms with Crippen molar-refractivity contribution in [3.05, 3.63) is 34.1 Å². The summed E-state index contributed by atoms with van der Waals surface area (Å²) in [5.41, 5.74) is 4.52. The van der Waals surface area contributed by atoms with Crippen molar-refractivity contribution in [2.75, 3.05) is 0 Å². The number of imide groups is 1. The van der Waals surface area contributed by atoms with Crippen molar-refractivity contribution in [3.63, 3.8) is 0 Å². The molecule has 1 atom stereocenters. The Bertz CT molecular complexity index is 577. The summed E-state index contributed by atoms with van der Waals surface area (Å²) < 4.78 is 19.0. The Balaban J connectivity index is 2.93. The first kappa shape index (κ1) is 17.1. The van der Waals surface area contributed by atoms with E-state index in [1.165, 1.54) is 12.1 Å². The Kier molecular flexibility index (Phi) is 5.83. The topological polar surface area (TPSA) is 98.5 Å². The number of primary amides is 1. The Labute approximate surface area is 129 Å². The molecule has 0 aliphatic heterocycles. The summed E-state index contributed by atoms with van der Waals surface area (Å²) in [6.45, 7) is 3.21. The second-order valence-corrected chi connectivity index (χ2v) is 5.46. The van der Waals surface area contributed by atoms with Crippen LogP contribution in [0.25, 0.3) is 0 Å². The maximum atomic E-state index is 13.6. The quantitative estimate of drug-likeness (QED) is 0.801. The van der Waals surface area contributed by atoms with Crippen LogP contribution in [-0.4, -0.2) is 24.0 Å². The third-order valence-corrected chi connectivity index (χ3v) is 2.99. The molecule has 1 aromatic carbocycles. The van der Waals surface area contributed by atoms with Crippen LogP contribution in [0.4, 0.5) is 9.18 Å². The Morgan fingerprint density at radius 3 is 2.48 bits per heavy atom. The van der Waals surface area contributed by atoms with E-state index in [0.29, 0.717) is 4.47 Å². The van der Waals surface area contributed by atoms with Crippen LogP contribution >= 0.6 is 15.9 Å². The van der Waals surface area contributed by atoms with E-state index in [-0.39, 0.29) is 5.56 Å². The van der Waals surface area contributed by atoms with E-state index in [1.807, 2.05) is 5.32 Å². The van der Waals surface area contributed by atoms with Crippen LogP contribution in [0.15, 0.2) is 22.7 Å². The second-order valence-electron chi connectivity index (χ2n) is 4.55. The molecule has 3 amide bonds. The predicted octanol–water partition coefficient (Wildman–Crippen LogP) is 1.96. The van der Waals surface area contributed by atoms with Crippen molar-refractivity contribution in [2.45, 2.75) is 20.0 Å². The minimum absolute atomic E-state index is 0.318. The number of ether oxygens (including phenoxy) is 1. The summed E-state index contributed by atoms with van der Waals surface area (Å²) in [6, 6.07) is 2.69. The minimum atomic E-state index is -1.26. The first-order chi connectivity index (χ1) is 9.72. The van der Waals surface area contributed by atoms with Gasteiger partial charge in [0.15, 0.2) is 6.10 Å². The molecule has 1 rings (SSSR count). The van der Waals surface area contributed by atoms with Crippen LogP contribution in [0.5, 0.6) is 0 Å². The van der Waals surface area contributed by atoms with Crippen molar-refractivity contribution >= 4 is 33.8 Å². The molecular weight excluding hydrogens is 347 g/mol. The molecule has 8 heteroatoms. The molecule has 0 aliphatic carbocycles. The first-order valence-electron chi connectivity index (χ1n) is 5.98. The zero-order valence-corrected chi connectivity index (χ0v) is 12.9. The zero-order valence-electron chi connectivity index (χ0n) is 11.4. The number of hydrogen-bond donors (Lipinski definition) is 2. The molecule has 0 aromatic heterocycles. The number of urea groups is 1. The number of amides is 3. The summed E-state index contributed by atoms with van der Waals surface area (Å²) in [7, 11) is 0. The van der Waals surface area contributed by atoms with E-state index in [1.54, 1.807) is 13.8 Å². The molecule has 0 aliphatic rings. The van der Waals surface area contributed by atoms with E-state index in [4.69, 9.17) is 10.5 Å². The van der Waals surface area contributed by atoms with Crippen LogP contribution in [0.1, 0.15) is 24.2 Å². The highest BCUT2D eigenvalue weighted by atomic mass is 79.9. The summed E-state index contributed by atoms with van der Waals surface area (Å²) in [4.78, 5) is 34.3. The van der Waals surface area contributed by atoms with Gasteiger partial charge in [0.05, 0.1) is 5.56 Å². The third kappa shape index (κ3) is 4.82. The Hall–Kier alpha value is -1.96. The molecule has 0 bridgehead atoms. The highest BCUT2D eigenvalue weighted by molar-refractivity contribution is 9.10. The van der Waals surface area contributed by atoms with Gasteiger partial charge in [0, 0.05) is 4.47 Å². The first-order valence-corrected chi connectivity index (χ1v) is 6.78. The fourth-order valence-electron chi connectivity index (χ4n) is 1.52. The smallest absolute Gasteiger partial charge is 0.341 e. The number of nitrogens with one attached hydrogen (secondary N) is 1. The van der Waals surface area contributed by atoms with Gasteiger partial charge >= 0.3 is 12.0 Å². The van der Waals surface area contributed by atoms with Gasteiger partial charge in [0.25, 0.3) is 5.91 Å². The summed E-state index contributed by atoms with van der Waals surface area (Å²) >= 11 is 3.11. The van der Waals surface area contributed by atoms with Gasteiger partial charge in [-0.25, -0.2) is 14.0 Å². The van der Waals surface area contributed by atoms with Gasteiger partial charge in [-0.2, -0.15) is 0 Å². The number of esters is 1. The maximum absolute atomic E-state index is 13.6. The van der Waals surface area contributed by atoms with Crippen LogP contribution in [-0.2, 0) is 9.53 Å². The Morgan fingerprint density at radius 1 is 1.33 bits per heavy atom. The van der Waals surface area contributed by atoms with Crippen LogP contribution in [0.2, 0.25) is 0 Å². The molecule has 0 radical (unpaired) electrons. The molecule has 0 heterocycles. The minimum Gasteiger partial charge on any atom is -0.448 e. The van der Waals surface area contributed by atoms with Gasteiger partial charge in [-0.1, -0.05) is 29.8 Å². The van der Waals surface area contributed by atoms with Crippen molar-refractivity contribution in [3.8, 4) is 0 Å². The van der Waals surface area contributed by atoms with Crippen molar-refractivity contribution in [1.29, 1.82) is 0 Å². The van der Waals surface area contributed by atoms with E-state index < -0.39 is 35.7 Å². The zero-order chi connectivity index (χ0) is 16.2. The highest BCUT2D eigenvalue weighted by Gasteiger charge is 2.28. The van der Waals surface area contributed by atoms with Gasteiger partial charge in [-0.05, 0) is 24.1 Å². The van der Waals surface area contributed by atoms with Gasteiger partial charge in [-0.15, -0.1) is 0 Å². The fourth-order valence-corrected chi connectivity index (χ4v) is 1.88. The lowest BCUT2D eigenvalue weighted by Crippen LogP contribution is -2.45. The van der Waals surface area contributed by atoms with E-state index in [0.717, 1.165) is 6.07 Å². The number of carbonyl (C=O) groups is 3. The molecule has 0 saturated carbocycles. The van der Waals surface area contributed by atoms with Crippen molar-refractivity contribution in [2.24, 2.45) is 11.7 Å². The molecule has 0 saturated heterocycles. The van der Waals surface area contributed by atoms with Crippen LogP contribution in [0.3, 0.4) is 0 Å². The van der Waals surface area contributed by atoms with Gasteiger partial charge in [0.2, 0.25) is 0 Å². The number of benzene rings is 1. The van der Waals surface area contributed by atoms with Crippen molar-refractivity contribution < 1.29 is 23.5 Å². The number of carbonyl (C=O) groups excluding carboxylic acids is 3. The van der Waals surface area contributed by atoms with Crippen LogP contribution in [0, 0.1) is 11.7 Å². The Morgan fingerprint density at radius 2 is 1.95 bits per heavy atom. The number of rotatable bonds is 4. The number of nitrogens with two attached hydrogens (primary N) is 1. The highest BCUT2D eigenvalue weighted by Crippen LogP contribution is 2.18. The largest absolute Gasteiger partial charge is 0.448 e. The lowest BCUT2D eigenvalue weighted by Gasteiger charge is -2.20. The maximum Gasteiger partial charge on any atom is 0.341 e. The average Bonchev–Trinajstić information content (AvgIpc) is 2.37. The molecule has 3 N–H and O–H groups in total. The van der Waals surface area contributed by atoms with Gasteiger partial charge < -0.3 is 10.5 Å². The molecule has 6 nitrogen and oxygen atoms in total. The van der Waals surface area contributed by atoms with Crippen LogP contribution < -0.4 is 11.1 Å². The lowest BCUT2D eigenvalue weighted by molar-refractivity contribution is -0.130. The molecule has 1 aromatic rings. The summed E-state index contributed by atoms with van der Waals surface area (Å²) in [6.07, 6.45) is -1.26.